The molecule has 0 saturated carbocycles. The van der Waals surface area contributed by atoms with E-state index < -0.39 is 24.8 Å². The highest BCUT2D eigenvalue weighted by atomic mass is 35.5. The zero-order valence-corrected chi connectivity index (χ0v) is 11.3. The molecule has 0 amide bonds. The average Bonchev–Trinajstić information content (AvgIpc) is 2.05. The van der Waals surface area contributed by atoms with E-state index in [-0.39, 0.29) is 14.9 Å². The Bertz CT molecular complexity index is 605. The second-order valence-electron chi connectivity index (χ2n) is 3.23. The Morgan fingerprint density at radius 3 is 2.06 bits per heavy atom. The predicted octanol–water partition coefficient (Wildman–Crippen LogP) is 1.77. The number of rotatable bonds is 3. The van der Waals surface area contributed by atoms with E-state index in [0.29, 0.717) is 0 Å². The zero-order chi connectivity index (χ0) is 12.6. The van der Waals surface area contributed by atoms with Gasteiger partial charge in [-0.25, -0.2) is 16.8 Å². The van der Waals surface area contributed by atoms with Crippen molar-refractivity contribution in [2.75, 3.05) is 11.3 Å². The van der Waals surface area contributed by atoms with Crippen LogP contribution in [-0.2, 0) is 19.7 Å². The number of sulfone groups is 2. The molecule has 16 heavy (non-hydrogen) atoms. The van der Waals surface area contributed by atoms with E-state index in [2.05, 4.69) is 0 Å². The Morgan fingerprint density at radius 2 is 1.62 bits per heavy atom. The van der Waals surface area contributed by atoms with E-state index in [1.165, 1.54) is 12.1 Å². The monoisotopic (exact) mass is 302 g/mol. The minimum atomic E-state index is -3.89. The standard InChI is InChI=1S/C8H8Cl2O4S2/c1-15(11,12)5-16(13,14)6-2-3-7(9)8(10)4-6/h2-4H,5H2,1H3. The van der Waals surface area contributed by atoms with Gasteiger partial charge in [-0.3, -0.25) is 0 Å². The van der Waals surface area contributed by atoms with Gasteiger partial charge in [0, 0.05) is 6.26 Å². The fourth-order valence-electron chi connectivity index (χ4n) is 1.02. The van der Waals surface area contributed by atoms with Crippen LogP contribution in [0.2, 0.25) is 10.0 Å². The molecule has 4 nitrogen and oxygen atoms in total. The third kappa shape index (κ3) is 3.62. The van der Waals surface area contributed by atoms with Gasteiger partial charge < -0.3 is 0 Å². The van der Waals surface area contributed by atoms with E-state index in [0.717, 1.165) is 12.3 Å². The van der Waals surface area contributed by atoms with Crippen LogP contribution in [0.3, 0.4) is 0 Å². The summed E-state index contributed by atoms with van der Waals surface area (Å²) in [6.07, 6.45) is 0.849. The van der Waals surface area contributed by atoms with Crippen LogP contribution in [0.25, 0.3) is 0 Å². The SMILES string of the molecule is CS(=O)(=O)CS(=O)(=O)c1ccc(Cl)c(Cl)c1. The summed E-state index contributed by atoms with van der Waals surface area (Å²) in [6, 6.07) is 3.65. The summed E-state index contributed by atoms with van der Waals surface area (Å²) in [5.41, 5.74) is 0. The summed E-state index contributed by atoms with van der Waals surface area (Å²) in [4.78, 5) is -0.160. The summed E-state index contributed by atoms with van der Waals surface area (Å²) in [6.45, 7) is 0. The average molecular weight is 303 g/mol. The van der Waals surface area contributed by atoms with Crippen LogP contribution in [0.5, 0.6) is 0 Å². The van der Waals surface area contributed by atoms with Crippen LogP contribution in [0.1, 0.15) is 0 Å². The van der Waals surface area contributed by atoms with Crippen molar-refractivity contribution >= 4 is 42.9 Å². The van der Waals surface area contributed by atoms with Gasteiger partial charge in [0.05, 0.1) is 14.9 Å². The molecular formula is C8H8Cl2O4S2. The highest BCUT2D eigenvalue weighted by Gasteiger charge is 2.21. The smallest absolute Gasteiger partial charge is 0.192 e. The van der Waals surface area contributed by atoms with Gasteiger partial charge in [0.25, 0.3) is 0 Å². The lowest BCUT2D eigenvalue weighted by molar-refractivity contribution is 0.591. The molecule has 0 unspecified atom stereocenters. The molecule has 1 aromatic carbocycles. The maximum absolute atomic E-state index is 11.6. The first-order valence-corrected chi connectivity index (χ1v) is 8.44. The number of benzene rings is 1. The summed E-state index contributed by atoms with van der Waals surface area (Å²) in [7, 11) is -7.51. The molecular weight excluding hydrogens is 295 g/mol. The molecule has 0 aliphatic carbocycles. The van der Waals surface area contributed by atoms with Crippen molar-refractivity contribution in [2.45, 2.75) is 4.90 Å². The molecule has 0 heterocycles. The van der Waals surface area contributed by atoms with Gasteiger partial charge in [0.2, 0.25) is 0 Å². The van der Waals surface area contributed by atoms with E-state index in [1.807, 2.05) is 0 Å². The van der Waals surface area contributed by atoms with Gasteiger partial charge in [0.15, 0.2) is 24.8 Å². The van der Waals surface area contributed by atoms with Crippen LogP contribution in [0, 0.1) is 0 Å². The van der Waals surface area contributed by atoms with Crippen molar-refractivity contribution in [2.24, 2.45) is 0 Å². The molecule has 90 valence electrons. The molecule has 0 spiro atoms. The second kappa shape index (κ2) is 4.52. The van der Waals surface area contributed by atoms with Gasteiger partial charge in [0.1, 0.15) is 0 Å². The van der Waals surface area contributed by atoms with Gasteiger partial charge in [-0.2, -0.15) is 0 Å². The topological polar surface area (TPSA) is 68.3 Å². The molecule has 1 aromatic rings. The molecule has 0 fully saturated rings. The number of hydrogen-bond donors (Lipinski definition) is 0. The van der Waals surface area contributed by atoms with Crippen molar-refractivity contribution in [1.29, 1.82) is 0 Å². The van der Waals surface area contributed by atoms with Crippen LogP contribution in [0.4, 0.5) is 0 Å². The van der Waals surface area contributed by atoms with E-state index >= 15 is 0 Å². The second-order valence-corrected chi connectivity index (χ2v) is 8.54. The highest BCUT2D eigenvalue weighted by Crippen LogP contribution is 2.25. The normalized spacial score (nSPS) is 12.7. The van der Waals surface area contributed by atoms with E-state index in [4.69, 9.17) is 23.2 Å². The van der Waals surface area contributed by atoms with Crippen molar-refractivity contribution < 1.29 is 16.8 Å². The Hall–Kier alpha value is -0.300. The summed E-state index contributed by atoms with van der Waals surface area (Å²) >= 11 is 11.3. The summed E-state index contributed by atoms with van der Waals surface area (Å²) < 4.78 is 45.1. The number of hydrogen-bond acceptors (Lipinski definition) is 4. The van der Waals surface area contributed by atoms with Gasteiger partial charge in [-0.1, -0.05) is 23.2 Å². The Morgan fingerprint density at radius 1 is 1.06 bits per heavy atom. The first kappa shape index (κ1) is 13.8. The molecule has 0 saturated heterocycles. The fourth-order valence-corrected chi connectivity index (χ4v) is 4.75. The largest absolute Gasteiger partial charge is 0.228 e. The molecule has 0 radical (unpaired) electrons. The van der Waals surface area contributed by atoms with Crippen molar-refractivity contribution in [1.82, 2.24) is 0 Å². The minimum Gasteiger partial charge on any atom is -0.228 e. The lowest BCUT2D eigenvalue weighted by atomic mass is 10.4. The lowest BCUT2D eigenvalue weighted by Crippen LogP contribution is -2.15. The fraction of sp³-hybridized carbons (Fsp3) is 0.250. The Balaban J connectivity index is 3.24. The molecule has 8 heteroatoms. The van der Waals surface area contributed by atoms with Crippen molar-refractivity contribution in [3.05, 3.63) is 28.2 Å². The lowest BCUT2D eigenvalue weighted by Gasteiger charge is -2.04. The van der Waals surface area contributed by atoms with Crippen LogP contribution < -0.4 is 0 Å². The molecule has 0 aliphatic heterocycles. The van der Waals surface area contributed by atoms with Gasteiger partial charge >= 0.3 is 0 Å². The molecule has 0 atom stereocenters. The predicted molar refractivity (Wildman–Crippen MR) is 63.4 cm³/mol. The molecule has 0 aliphatic rings. The highest BCUT2D eigenvalue weighted by molar-refractivity contribution is 8.07. The van der Waals surface area contributed by atoms with Gasteiger partial charge in [-0.15, -0.1) is 0 Å². The maximum Gasteiger partial charge on any atom is 0.192 e. The quantitative estimate of drug-likeness (QED) is 0.853. The first-order chi connectivity index (χ1) is 7.12. The van der Waals surface area contributed by atoms with Crippen molar-refractivity contribution in [3.63, 3.8) is 0 Å². The van der Waals surface area contributed by atoms with E-state index in [1.54, 1.807) is 0 Å². The summed E-state index contributed by atoms with van der Waals surface area (Å²) in [5, 5.41) is -0.672. The first-order valence-electron chi connectivity index (χ1n) is 3.97. The van der Waals surface area contributed by atoms with Crippen molar-refractivity contribution in [3.8, 4) is 0 Å². The van der Waals surface area contributed by atoms with Gasteiger partial charge in [-0.05, 0) is 18.2 Å². The zero-order valence-electron chi connectivity index (χ0n) is 8.14. The van der Waals surface area contributed by atoms with E-state index in [9.17, 15) is 16.8 Å². The molecule has 0 N–H and O–H groups in total. The number of halogens is 2. The Kier molecular flexibility index (Phi) is 3.89. The third-order valence-electron chi connectivity index (χ3n) is 1.62. The molecule has 0 aromatic heterocycles. The molecule has 1 rings (SSSR count). The Labute approximate surface area is 104 Å². The summed E-state index contributed by atoms with van der Waals surface area (Å²) in [5.74, 6) is 0. The maximum atomic E-state index is 11.6. The minimum absolute atomic E-state index is 0.0660. The van der Waals surface area contributed by atoms with Crippen LogP contribution in [-0.4, -0.2) is 28.2 Å². The third-order valence-corrected chi connectivity index (χ3v) is 6.28. The van der Waals surface area contributed by atoms with Crippen LogP contribution >= 0.6 is 23.2 Å². The molecule has 0 bridgehead atoms. The van der Waals surface area contributed by atoms with Crippen LogP contribution in [0.15, 0.2) is 23.1 Å².